The van der Waals surface area contributed by atoms with Gasteiger partial charge >= 0.3 is 5.97 Å². The molecule has 1 saturated carbocycles. The number of aromatic nitrogens is 1. The van der Waals surface area contributed by atoms with Crippen molar-refractivity contribution in [3.63, 3.8) is 0 Å². The molecule has 2 heterocycles. The summed E-state index contributed by atoms with van der Waals surface area (Å²) in [5.74, 6) is -0.457. The van der Waals surface area contributed by atoms with Gasteiger partial charge in [-0.15, -0.1) is 0 Å². The summed E-state index contributed by atoms with van der Waals surface area (Å²) in [4.78, 5) is 28.9. The van der Waals surface area contributed by atoms with Crippen LogP contribution in [0, 0.1) is 10.8 Å². The molecular weight excluding hydrogens is 268 g/mol. The summed E-state index contributed by atoms with van der Waals surface area (Å²) >= 11 is 0. The third kappa shape index (κ3) is 1.66. The zero-order valence-corrected chi connectivity index (χ0v) is 12.6. The Bertz CT molecular complexity index is 599. The molecule has 1 aromatic rings. The van der Waals surface area contributed by atoms with E-state index in [1.807, 2.05) is 32.9 Å². The Morgan fingerprint density at radius 2 is 2.14 bits per heavy atom. The van der Waals surface area contributed by atoms with Crippen molar-refractivity contribution >= 4 is 11.9 Å². The SMILES string of the molecule is CC1(C)[C@@]2(C(=O)NCc3cccnc3)CC[C@]1(C)C(=O)O2. The van der Waals surface area contributed by atoms with Gasteiger partial charge in [0.05, 0.1) is 5.41 Å². The van der Waals surface area contributed by atoms with Crippen LogP contribution in [0.25, 0.3) is 0 Å². The zero-order chi connectivity index (χ0) is 15.3. The second-order valence-electron chi connectivity index (χ2n) is 6.72. The van der Waals surface area contributed by atoms with Gasteiger partial charge in [0.1, 0.15) is 0 Å². The Kier molecular flexibility index (Phi) is 2.87. The van der Waals surface area contributed by atoms with Gasteiger partial charge in [-0.1, -0.05) is 19.9 Å². The van der Waals surface area contributed by atoms with Gasteiger partial charge < -0.3 is 10.1 Å². The third-order valence-corrected chi connectivity index (χ3v) is 5.63. The Hall–Kier alpha value is -1.91. The van der Waals surface area contributed by atoms with Gasteiger partial charge in [-0.25, -0.2) is 0 Å². The maximum atomic E-state index is 12.7. The summed E-state index contributed by atoms with van der Waals surface area (Å²) in [7, 11) is 0. The van der Waals surface area contributed by atoms with Gasteiger partial charge in [-0.3, -0.25) is 14.6 Å². The van der Waals surface area contributed by atoms with Gasteiger partial charge in [0, 0.05) is 24.4 Å². The van der Waals surface area contributed by atoms with E-state index >= 15 is 0 Å². The normalized spacial score (nSPS) is 32.8. The number of nitrogens with zero attached hydrogens (tertiary/aromatic N) is 1. The van der Waals surface area contributed by atoms with Crippen molar-refractivity contribution in [3.05, 3.63) is 30.1 Å². The minimum absolute atomic E-state index is 0.203. The summed E-state index contributed by atoms with van der Waals surface area (Å²) in [6.45, 7) is 6.19. The van der Waals surface area contributed by atoms with Crippen LogP contribution in [0.15, 0.2) is 24.5 Å². The number of hydrogen-bond donors (Lipinski definition) is 1. The Labute approximate surface area is 124 Å². The predicted molar refractivity (Wildman–Crippen MR) is 76.0 cm³/mol. The lowest BCUT2D eigenvalue weighted by molar-refractivity contribution is -0.168. The number of rotatable bonds is 3. The first kappa shape index (κ1) is 14.0. The van der Waals surface area contributed by atoms with Crippen molar-refractivity contribution in [2.75, 3.05) is 0 Å². The number of hydrogen-bond acceptors (Lipinski definition) is 4. The number of esters is 1. The summed E-state index contributed by atoms with van der Waals surface area (Å²) in [5, 5.41) is 2.90. The quantitative estimate of drug-likeness (QED) is 0.861. The van der Waals surface area contributed by atoms with Crippen LogP contribution in [0.4, 0.5) is 0 Å². The molecule has 2 fully saturated rings. The number of pyridine rings is 1. The first-order chi connectivity index (χ1) is 9.83. The van der Waals surface area contributed by atoms with Gasteiger partial charge in [-0.05, 0) is 31.4 Å². The van der Waals surface area contributed by atoms with Crippen molar-refractivity contribution in [2.45, 2.75) is 45.8 Å². The van der Waals surface area contributed by atoms with Crippen LogP contribution >= 0.6 is 0 Å². The van der Waals surface area contributed by atoms with Crippen LogP contribution in [0.2, 0.25) is 0 Å². The summed E-state index contributed by atoms with van der Waals surface area (Å²) < 4.78 is 5.55. The van der Waals surface area contributed by atoms with Gasteiger partial charge in [-0.2, -0.15) is 0 Å². The van der Waals surface area contributed by atoms with Crippen molar-refractivity contribution in [1.29, 1.82) is 0 Å². The summed E-state index contributed by atoms with van der Waals surface area (Å²) in [6.07, 6.45) is 4.68. The van der Waals surface area contributed by atoms with E-state index in [0.717, 1.165) is 5.56 Å². The highest BCUT2D eigenvalue weighted by Crippen LogP contribution is 2.65. The molecule has 1 aliphatic carbocycles. The van der Waals surface area contributed by atoms with E-state index in [9.17, 15) is 9.59 Å². The van der Waals surface area contributed by atoms with Crippen molar-refractivity contribution in [3.8, 4) is 0 Å². The number of ether oxygens (including phenoxy) is 1. The molecule has 112 valence electrons. The molecular formula is C16H20N2O3. The molecule has 5 nitrogen and oxygen atoms in total. The molecule has 21 heavy (non-hydrogen) atoms. The maximum absolute atomic E-state index is 12.7. The Morgan fingerprint density at radius 3 is 2.67 bits per heavy atom. The molecule has 1 aliphatic heterocycles. The van der Waals surface area contributed by atoms with E-state index in [2.05, 4.69) is 10.3 Å². The lowest BCUT2D eigenvalue weighted by atomic mass is 9.66. The van der Waals surface area contributed by atoms with Crippen molar-refractivity contribution < 1.29 is 14.3 Å². The fraction of sp³-hybridized carbons (Fsp3) is 0.562. The predicted octanol–water partition coefficient (Wildman–Crippen LogP) is 1.82. The number of nitrogens with one attached hydrogen (secondary N) is 1. The molecule has 0 spiro atoms. The molecule has 1 saturated heterocycles. The lowest BCUT2D eigenvalue weighted by Gasteiger charge is -2.35. The van der Waals surface area contributed by atoms with Crippen LogP contribution in [-0.4, -0.2) is 22.5 Å². The molecule has 0 unspecified atom stereocenters. The molecule has 3 rings (SSSR count). The minimum Gasteiger partial charge on any atom is -0.448 e. The van der Waals surface area contributed by atoms with E-state index in [1.54, 1.807) is 12.4 Å². The Balaban J connectivity index is 1.80. The summed E-state index contributed by atoms with van der Waals surface area (Å²) in [5.41, 5.74) is -1.19. The van der Waals surface area contributed by atoms with Crippen molar-refractivity contribution in [2.24, 2.45) is 10.8 Å². The highest BCUT2D eigenvalue weighted by Gasteiger charge is 2.75. The van der Waals surface area contributed by atoms with Gasteiger partial charge in [0.25, 0.3) is 5.91 Å². The standard InChI is InChI=1S/C16H20N2O3/c1-14(2)15(3)6-7-16(14,21-13(15)20)12(19)18-10-11-5-4-8-17-9-11/h4-5,8-9H,6-7,10H2,1-3H3,(H,18,19)/t15-,16+/m1/s1. The van der Waals surface area contributed by atoms with E-state index in [0.29, 0.717) is 19.4 Å². The number of amides is 1. The highest BCUT2D eigenvalue weighted by molar-refractivity contribution is 5.96. The fourth-order valence-electron chi connectivity index (χ4n) is 3.57. The fourth-order valence-corrected chi connectivity index (χ4v) is 3.57. The molecule has 0 radical (unpaired) electrons. The topological polar surface area (TPSA) is 68.3 Å². The van der Waals surface area contributed by atoms with Crippen LogP contribution < -0.4 is 5.32 Å². The van der Waals surface area contributed by atoms with E-state index in [4.69, 9.17) is 4.74 Å². The van der Waals surface area contributed by atoms with Crippen molar-refractivity contribution in [1.82, 2.24) is 10.3 Å². The molecule has 5 heteroatoms. The van der Waals surface area contributed by atoms with Gasteiger partial charge in [0.2, 0.25) is 0 Å². The first-order valence-corrected chi connectivity index (χ1v) is 7.24. The molecule has 2 aliphatic rings. The number of carbonyl (C=O) groups is 2. The zero-order valence-electron chi connectivity index (χ0n) is 12.6. The molecule has 1 aromatic heterocycles. The molecule has 1 N–H and O–H groups in total. The molecule has 2 bridgehead atoms. The second kappa shape index (κ2) is 4.29. The molecule has 2 atom stereocenters. The first-order valence-electron chi connectivity index (χ1n) is 7.24. The third-order valence-electron chi connectivity index (χ3n) is 5.63. The highest BCUT2D eigenvalue weighted by atomic mass is 16.6. The van der Waals surface area contributed by atoms with Gasteiger partial charge in [0.15, 0.2) is 5.60 Å². The summed E-state index contributed by atoms with van der Waals surface area (Å²) in [6, 6.07) is 3.72. The van der Waals surface area contributed by atoms with E-state index in [1.165, 1.54) is 0 Å². The molecule has 1 amide bonds. The lowest BCUT2D eigenvalue weighted by Crippen LogP contribution is -2.53. The smallest absolute Gasteiger partial charge is 0.313 e. The number of carbonyl (C=O) groups excluding carboxylic acids is 2. The minimum atomic E-state index is -1.04. The van der Waals surface area contributed by atoms with Crippen LogP contribution in [-0.2, 0) is 20.9 Å². The second-order valence-corrected chi connectivity index (χ2v) is 6.72. The van der Waals surface area contributed by atoms with Crippen LogP contribution in [0.3, 0.4) is 0 Å². The average molecular weight is 288 g/mol. The number of fused-ring (bicyclic) bond motifs is 2. The Morgan fingerprint density at radius 1 is 1.38 bits per heavy atom. The molecule has 0 aromatic carbocycles. The largest absolute Gasteiger partial charge is 0.448 e. The monoisotopic (exact) mass is 288 g/mol. The maximum Gasteiger partial charge on any atom is 0.313 e. The van der Waals surface area contributed by atoms with Crippen LogP contribution in [0.5, 0.6) is 0 Å². The van der Waals surface area contributed by atoms with Crippen LogP contribution in [0.1, 0.15) is 39.2 Å². The average Bonchev–Trinajstić information content (AvgIpc) is 2.76. The van der Waals surface area contributed by atoms with E-state index in [-0.39, 0.29) is 11.9 Å². The van der Waals surface area contributed by atoms with E-state index < -0.39 is 16.4 Å².